The van der Waals surface area contributed by atoms with Gasteiger partial charge in [-0.05, 0) is 67.8 Å². The quantitative estimate of drug-likeness (QED) is 0.530. The van der Waals surface area contributed by atoms with Crippen LogP contribution in [-0.4, -0.2) is 18.1 Å². The largest absolute Gasteiger partial charge is 0.506 e. The summed E-state index contributed by atoms with van der Waals surface area (Å²) in [4.78, 5) is 12.3. The van der Waals surface area contributed by atoms with Crippen molar-refractivity contribution in [3.63, 3.8) is 0 Å². The predicted octanol–water partition coefficient (Wildman–Crippen LogP) is 4.47. The number of carbonyl (C=O) groups excluding carboxylic acids is 1. The van der Waals surface area contributed by atoms with E-state index < -0.39 is 5.91 Å². The Kier molecular flexibility index (Phi) is 6.01. The molecule has 7 heteroatoms. The molecule has 0 aliphatic rings. The summed E-state index contributed by atoms with van der Waals surface area (Å²) in [5.74, 6) is -0.00952. The zero-order chi connectivity index (χ0) is 17.7. The van der Waals surface area contributed by atoms with Gasteiger partial charge >= 0.3 is 0 Å². The number of phenols is 1. The molecule has 0 aliphatic carbocycles. The Labute approximate surface area is 155 Å². The van der Waals surface area contributed by atoms with Crippen molar-refractivity contribution in [2.45, 2.75) is 0 Å². The van der Waals surface area contributed by atoms with Gasteiger partial charge in [-0.1, -0.05) is 12.1 Å². The van der Waals surface area contributed by atoms with Gasteiger partial charge in [0.05, 0.1) is 21.7 Å². The van der Waals surface area contributed by atoms with Crippen molar-refractivity contribution in [2.75, 3.05) is 12.4 Å². The molecule has 0 saturated carbocycles. The Morgan fingerprint density at radius 3 is 2.50 bits per heavy atom. The highest BCUT2D eigenvalue weighted by molar-refractivity contribution is 9.11. The number of methoxy groups -OCH3 is 1. The summed E-state index contributed by atoms with van der Waals surface area (Å²) < 4.78 is 6.06. The van der Waals surface area contributed by atoms with Gasteiger partial charge in [0, 0.05) is 0 Å². The second-order valence-corrected chi connectivity index (χ2v) is 6.37. The van der Waals surface area contributed by atoms with E-state index in [4.69, 9.17) is 4.74 Å². The highest BCUT2D eigenvalue weighted by atomic mass is 79.9. The number of nitrogens with zero attached hydrogens (tertiary/aromatic N) is 1. The van der Waals surface area contributed by atoms with E-state index >= 15 is 0 Å². The first-order chi connectivity index (χ1) is 11.5. The number of para-hydroxylation sites is 2. The number of hydrogen-bond acceptors (Lipinski definition) is 4. The van der Waals surface area contributed by atoms with Crippen LogP contribution >= 0.6 is 31.9 Å². The average Bonchev–Trinajstić information content (AvgIpc) is 2.57. The minimum atomic E-state index is -0.553. The Morgan fingerprint density at radius 1 is 1.29 bits per heavy atom. The van der Waals surface area contributed by atoms with Crippen LogP contribution in [0, 0.1) is 11.3 Å². The highest BCUT2D eigenvalue weighted by Crippen LogP contribution is 2.34. The summed E-state index contributed by atoms with van der Waals surface area (Å²) in [5.41, 5.74) is 0.975. The van der Waals surface area contributed by atoms with Crippen LogP contribution in [0.25, 0.3) is 6.08 Å². The molecule has 0 atom stereocenters. The second kappa shape index (κ2) is 7.99. The molecule has 1 amide bonds. The van der Waals surface area contributed by atoms with Gasteiger partial charge in [0.15, 0.2) is 0 Å². The number of nitrogens with one attached hydrogen (secondary N) is 1. The first-order valence-electron chi connectivity index (χ1n) is 6.70. The minimum absolute atomic E-state index is 0.0455. The van der Waals surface area contributed by atoms with E-state index in [9.17, 15) is 15.2 Å². The molecular formula is C17H12Br2N2O3. The maximum atomic E-state index is 12.3. The molecule has 0 spiro atoms. The maximum Gasteiger partial charge on any atom is 0.266 e. The molecule has 122 valence electrons. The van der Waals surface area contributed by atoms with E-state index in [1.165, 1.54) is 13.2 Å². The zero-order valence-electron chi connectivity index (χ0n) is 12.5. The predicted molar refractivity (Wildman–Crippen MR) is 98.7 cm³/mol. The molecule has 5 nitrogen and oxygen atoms in total. The van der Waals surface area contributed by atoms with Crippen molar-refractivity contribution in [1.29, 1.82) is 5.26 Å². The van der Waals surface area contributed by atoms with Crippen molar-refractivity contribution in [1.82, 2.24) is 0 Å². The molecule has 0 fully saturated rings. The first kappa shape index (κ1) is 18.0. The van der Waals surface area contributed by atoms with Crippen LogP contribution in [0.4, 0.5) is 5.69 Å². The topological polar surface area (TPSA) is 82.3 Å². The lowest BCUT2D eigenvalue weighted by Gasteiger charge is -2.09. The van der Waals surface area contributed by atoms with E-state index in [2.05, 4.69) is 37.2 Å². The van der Waals surface area contributed by atoms with E-state index in [0.717, 1.165) is 0 Å². The molecule has 24 heavy (non-hydrogen) atoms. The summed E-state index contributed by atoms with van der Waals surface area (Å²) in [7, 11) is 1.50. The van der Waals surface area contributed by atoms with Gasteiger partial charge in [0.1, 0.15) is 23.1 Å². The van der Waals surface area contributed by atoms with Crippen molar-refractivity contribution < 1.29 is 14.6 Å². The average molecular weight is 452 g/mol. The first-order valence-corrected chi connectivity index (χ1v) is 8.29. The van der Waals surface area contributed by atoms with Crippen molar-refractivity contribution in [3.05, 3.63) is 56.5 Å². The van der Waals surface area contributed by atoms with E-state index in [-0.39, 0.29) is 11.3 Å². The lowest BCUT2D eigenvalue weighted by Crippen LogP contribution is -2.14. The number of rotatable bonds is 4. The van der Waals surface area contributed by atoms with E-state index in [0.29, 0.717) is 25.9 Å². The fourth-order valence-corrected chi connectivity index (χ4v) is 3.14. The summed E-state index contributed by atoms with van der Waals surface area (Å²) in [6, 6.07) is 12.0. The maximum absolute atomic E-state index is 12.3. The van der Waals surface area contributed by atoms with Crippen molar-refractivity contribution in [2.24, 2.45) is 0 Å². The fraction of sp³-hybridized carbons (Fsp3) is 0.0588. The smallest absolute Gasteiger partial charge is 0.266 e. The fourth-order valence-electron chi connectivity index (χ4n) is 1.92. The third-order valence-electron chi connectivity index (χ3n) is 3.07. The number of nitriles is 1. The molecule has 2 rings (SSSR count). The molecule has 0 heterocycles. The van der Waals surface area contributed by atoms with Gasteiger partial charge in [-0.3, -0.25) is 4.79 Å². The van der Waals surface area contributed by atoms with Gasteiger partial charge in [0.25, 0.3) is 5.91 Å². The molecule has 0 radical (unpaired) electrons. The molecule has 2 N–H and O–H groups in total. The third-order valence-corrected chi connectivity index (χ3v) is 4.28. The van der Waals surface area contributed by atoms with Crippen LogP contribution in [0.2, 0.25) is 0 Å². The van der Waals surface area contributed by atoms with Gasteiger partial charge in [-0.15, -0.1) is 0 Å². The van der Waals surface area contributed by atoms with E-state index in [1.807, 2.05) is 6.07 Å². The van der Waals surface area contributed by atoms with Crippen LogP contribution in [0.15, 0.2) is 50.9 Å². The molecule has 0 aliphatic heterocycles. The van der Waals surface area contributed by atoms with Crippen LogP contribution in [0.5, 0.6) is 11.5 Å². The number of benzene rings is 2. The molecule has 2 aromatic carbocycles. The molecule has 0 unspecified atom stereocenters. The third kappa shape index (κ3) is 4.16. The van der Waals surface area contributed by atoms with Gasteiger partial charge < -0.3 is 15.2 Å². The number of phenolic OH excluding ortho intramolecular Hbond substituents is 1. The summed E-state index contributed by atoms with van der Waals surface area (Å²) in [5, 5.41) is 21.6. The van der Waals surface area contributed by atoms with Crippen LogP contribution < -0.4 is 10.1 Å². The lowest BCUT2D eigenvalue weighted by molar-refractivity contribution is -0.112. The number of aromatic hydroxyl groups is 1. The number of amides is 1. The monoisotopic (exact) mass is 450 g/mol. The standard InChI is InChI=1S/C17H12Br2N2O3/c1-24-15-5-3-2-4-14(15)21-17(23)11(9-20)6-10-7-12(18)16(22)13(19)8-10/h2-8,22H,1H3,(H,21,23). The van der Waals surface area contributed by atoms with Crippen molar-refractivity contribution in [3.8, 4) is 17.6 Å². The zero-order valence-corrected chi connectivity index (χ0v) is 15.7. The van der Waals surface area contributed by atoms with Crippen LogP contribution in [0.1, 0.15) is 5.56 Å². The van der Waals surface area contributed by atoms with Crippen LogP contribution in [0.3, 0.4) is 0 Å². The SMILES string of the molecule is COc1ccccc1NC(=O)C(C#N)=Cc1cc(Br)c(O)c(Br)c1. The van der Waals surface area contributed by atoms with Gasteiger partial charge in [-0.2, -0.15) is 5.26 Å². The molecule has 0 aromatic heterocycles. The molecule has 2 aromatic rings. The summed E-state index contributed by atoms with van der Waals surface area (Å²) in [6.07, 6.45) is 1.43. The lowest BCUT2D eigenvalue weighted by atomic mass is 10.1. The highest BCUT2D eigenvalue weighted by Gasteiger charge is 2.13. The van der Waals surface area contributed by atoms with E-state index in [1.54, 1.807) is 36.4 Å². The van der Waals surface area contributed by atoms with Gasteiger partial charge in [0.2, 0.25) is 0 Å². The minimum Gasteiger partial charge on any atom is -0.506 e. The number of hydrogen-bond donors (Lipinski definition) is 2. The number of carbonyl (C=O) groups is 1. The molecule has 0 bridgehead atoms. The van der Waals surface area contributed by atoms with Crippen molar-refractivity contribution >= 4 is 49.5 Å². The molecular weight excluding hydrogens is 440 g/mol. The Morgan fingerprint density at radius 2 is 1.92 bits per heavy atom. The Bertz CT molecular complexity index is 834. The number of ether oxygens (including phenoxy) is 1. The van der Waals surface area contributed by atoms with Crippen LogP contribution in [-0.2, 0) is 4.79 Å². The number of halogens is 2. The normalized spacial score (nSPS) is 10.8. The Hall–Kier alpha value is -2.30. The van der Waals surface area contributed by atoms with Gasteiger partial charge in [-0.25, -0.2) is 0 Å². The summed E-state index contributed by atoms with van der Waals surface area (Å²) in [6.45, 7) is 0. The number of anilines is 1. The molecule has 0 saturated heterocycles. The Balaban J connectivity index is 2.31. The summed E-state index contributed by atoms with van der Waals surface area (Å²) >= 11 is 6.42. The second-order valence-electron chi connectivity index (χ2n) is 4.66.